The van der Waals surface area contributed by atoms with Crippen molar-refractivity contribution in [2.75, 3.05) is 14.2 Å². The second-order valence-electron chi connectivity index (χ2n) is 7.41. The van der Waals surface area contributed by atoms with Gasteiger partial charge in [-0.15, -0.1) is 0 Å². The molecule has 5 nitrogen and oxygen atoms in total. The van der Waals surface area contributed by atoms with Gasteiger partial charge in [-0.25, -0.2) is 5.01 Å². The molecule has 0 aliphatic carbocycles. The predicted octanol–water partition coefficient (Wildman–Crippen LogP) is 6.36. The summed E-state index contributed by atoms with van der Waals surface area (Å²) in [6.07, 6.45) is 0.317. The van der Waals surface area contributed by atoms with Gasteiger partial charge in [0.05, 0.1) is 31.5 Å². The Labute approximate surface area is 194 Å². The highest BCUT2D eigenvalue weighted by Crippen LogP contribution is 2.49. The van der Waals surface area contributed by atoms with Crippen LogP contribution in [0.3, 0.4) is 0 Å². The van der Waals surface area contributed by atoms with Gasteiger partial charge < -0.3 is 14.2 Å². The Morgan fingerprint density at radius 3 is 2.55 bits per heavy atom. The second kappa shape index (κ2) is 8.09. The van der Waals surface area contributed by atoms with Crippen molar-refractivity contribution >= 4 is 33.2 Å². The lowest BCUT2D eigenvalue weighted by Gasteiger charge is -2.38. The first-order chi connectivity index (χ1) is 15.1. The fourth-order valence-corrected chi connectivity index (χ4v) is 4.68. The lowest BCUT2D eigenvalue weighted by molar-refractivity contribution is -0.0203. The van der Waals surface area contributed by atoms with Crippen LogP contribution < -0.4 is 14.2 Å². The van der Waals surface area contributed by atoms with Crippen molar-refractivity contribution in [1.29, 1.82) is 0 Å². The molecule has 0 amide bonds. The van der Waals surface area contributed by atoms with E-state index in [1.165, 1.54) is 0 Å². The van der Waals surface area contributed by atoms with Gasteiger partial charge in [-0.2, -0.15) is 5.10 Å². The molecular weight excluding hydrogens is 480 g/mol. The average Bonchev–Trinajstić information content (AvgIpc) is 3.24. The van der Waals surface area contributed by atoms with Gasteiger partial charge in [0.2, 0.25) is 6.23 Å². The van der Waals surface area contributed by atoms with E-state index in [1.807, 2.05) is 65.7 Å². The van der Waals surface area contributed by atoms with E-state index in [-0.39, 0.29) is 6.04 Å². The molecule has 2 aliphatic heterocycles. The molecule has 31 heavy (non-hydrogen) atoms. The topological polar surface area (TPSA) is 43.3 Å². The molecule has 0 spiro atoms. The zero-order chi connectivity index (χ0) is 21.5. The molecule has 0 bridgehead atoms. The van der Waals surface area contributed by atoms with Crippen molar-refractivity contribution in [3.63, 3.8) is 0 Å². The van der Waals surface area contributed by atoms with Crippen LogP contribution in [0.25, 0.3) is 0 Å². The maximum absolute atomic E-state index is 6.44. The van der Waals surface area contributed by atoms with Crippen LogP contribution in [0, 0.1) is 0 Å². The molecule has 2 atom stereocenters. The Morgan fingerprint density at radius 2 is 1.81 bits per heavy atom. The number of ether oxygens (including phenoxy) is 3. The van der Waals surface area contributed by atoms with Crippen molar-refractivity contribution in [3.8, 4) is 17.2 Å². The van der Waals surface area contributed by atoms with Crippen molar-refractivity contribution in [3.05, 3.63) is 86.8 Å². The van der Waals surface area contributed by atoms with Crippen LogP contribution >= 0.6 is 27.5 Å². The molecule has 3 aromatic rings. The molecule has 0 fully saturated rings. The summed E-state index contributed by atoms with van der Waals surface area (Å²) in [7, 11) is 3.33. The summed E-state index contributed by atoms with van der Waals surface area (Å²) < 4.78 is 18.3. The number of methoxy groups -OCH3 is 2. The summed E-state index contributed by atoms with van der Waals surface area (Å²) in [6, 6.07) is 19.6. The number of hydrogen-bond donors (Lipinski definition) is 0. The van der Waals surface area contributed by atoms with Gasteiger partial charge in [0.15, 0.2) is 0 Å². The summed E-state index contributed by atoms with van der Waals surface area (Å²) in [5.41, 5.74) is 3.98. The summed E-state index contributed by atoms with van der Waals surface area (Å²) in [4.78, 5) is 0. The van der Waals surface area contributed by atoms with Crippen LogP contribution in [-0.2, 0) is 0 Å². The standard InChI is InChI=1S/C24H20BrClN2O3/c1-29-17-7-3-14(4-8-17)20-13-21-18-12-16(26)6-10-23(18)31-24(28(21)27-20)19-11-15(25)5-9-22(19)30-2/h3-12,21,24H,13H2,1-2H3/t21-,24+/m1/s1. The van der Waals surface area contributed by atoms with Crippen molar-refractivity contribution in [2.45, 2.75) is 18.7 Å². The Hall–Kier alpha value is -2.70. The van der Waals surface area contributed by atoms with E-state index < -0.39 is 6.23 Å². The Balaban J connectivity index is 1.61. The summed E-state index contributed by atoms with van der Waals surface area (Å²) >= 11 is 9.90. The van der Waals surface area contributed by atoms with Crippen LogP contribution in [-0.4, -0.2) is 24.9 Å². The largest absolute Gasteiger partial charge is 0.497 e. The normalized spacial score (nSPS) is 19.2. The van der Waals surface area contributed by atoms with Gasteiger partial charge in [-0.3, -0.25) is 0 Å². The van der Waals surface area contributed by atoms with Gasteiger partial charge in [0.1, 0.15) is 17.2 Å². The van der Waals surface area contributed by atoms with E-state index in [1.54, 1.807) is 14.2 Å². The number of fused-ring (bicyclic) bond motifs is 3. The highest BCUT2D eigenvalue weighted by atomic mass is 79.9. The van der Waals surface area contributed by atoms with E-state index in [0.717, 1.165) is 50.5 Å². The number of hydrazone groups is 1. The zero-order valence-electron chi connectivity index (χ0n) is 17.0. The molecule has 7 heteroatoms. The van der Waals surface area contributed by atoms with E-state index in [0.29, 0.717) is 5.02 Å². The lowest BCUT2D eigenvalue weighted by Crippen LogP contribution is -2.34. The molecule has 158 valence electrons. The van der Waals surface area contributed by atoms with E-state index in [9.17, 15) is 0 Å². The first kappa shape index (κ1) is 20.2. The third kappa shape index (κ3) is 3.64. The summed E-state index contributed by atoms with van der Waals surface area (Å²) in [5.74, 6) is 2.37. The third-order valence-corrected chi connectivity index (χ3v) is 6.36. The molecular formula is C24H20BrClN2O3. The molecule has 0 radical (unpaired) electrons. The SMILES string of the molecule is COc1ccc(C2=NN3[C@H](C2)c2cc(Cl)ccc2O[C@H]3c2cc(Br)ccc2OC)cc1. The van der Waals surface area contributed by atoms with Gasteiger partial charge in [0, 0.05) is 21.5 Å². The number of rotatable bonds is 4. The molecule has 2 aliphatic rings. The number of benzene rings is 3. The maximum Gasteiger partial charge on any atom is 0.217 e. The Bertz CT molecular complexity index is 1170. The highest BCUT2D eigenvalue weighted by molar-refractivity contribution is 9.10. The molecule has 0 saturated heterocycles. The van der Waals surface area contributed by atoms with Gasteiger partial charge in [-0.1, -0.05) is 27.5 Å². The van der Waals surface area contributed by atoms with Gasteiger partial charge >= 0.3 is 0 Å². The van der Waals surface area contributed by atoms with Crippen LogP contribution in [0.1, 0.15) is 35.4 Å². The lowest BCUT2D eigenvalue weighted by atomic mass is 9.95. The maximum atomic E-state index is 6.44. The molecule has 0 N–H and O–H groups in total. The minimum absolute atomic E-state index is 0.00763. The molecule has 2 heterocycles. The fraction of sp³-hybridized carbons (Fsp3) is 0.208. The first-order valence-corrected chi connectivity index (χ1v) is 11.0. The van der Waals surface area contributed by atoms with Crippen LogP contribution in [0.4, 0.5) is 0 Å². The Kier molecular flexibility index (Phi) is 5.28. The zero-order valence-corrected chi connectivity index (χ0v) is 19.4. The van der Waals surface area contributed by atoms with E-state index in [2.05, 4.69) is 15.9 Å². The van der Waals surface area contributed by atoms with Crippen LogP contribution in [0.15, 0.2) is 70.2 Å². The minimum atomic E-state index is -0.429. The van der Waals surface area contributed by atoms with Crippen molar-refractivity contribution < 1.29 is 14.2 Å². The number of halogens is 2. The molecule has 0 aromatic heterocycles. The van der Waals surface area contributed by atoms with Crippen molar-refractivity contribution in [2.24, 2.45) is 5.10 Å². The smallest absolute Gasteiger partial charge is 0.217 e. The van der Waals surface area contributed by atoms with Gasteiger partial charge in [0.25, 0.3) is 0 Å². The number of hydrogen-bond acceptors (Lipinski definition) is 5. The third-order valence-electron chi connectivity index (χ3n) is 5.63. The molecule has 5 rings (SSSR count). The molecule has 3 aromatic carbocycles. The predicted molar refractivity (Wildman–Crippen MR) is 124 cm³/mol. The van der Waals surface area contributed by atoms with E-state index in [4.69, 9.17) is 30.9 Å². The van der Waals surface area contributed by atoms with Gasteiger partial charge in [-0.05, 0) is 66.2 Å². The first-order valence-electron chi connectivity index (χ1n) is 9.87. The number of nitrogens with zero attached hydrogens (tertiary/aromatic N) is 2. The quantitative estimate of drug-likeness (QED) is 0.419. The van der Waals surface area contributed by atoms with Crippen LogP contribution in [0.5, 0.6) is 17.2 Å². The monoisotopic (exact) mass is 498 g/mol. The molecule has 0 saturated carbocycles. The van der Waals surface area contributed by atoms with E-state index >= 15 is 0 Å². The van der Waals surface area contributed by atoms with Crippen molar-refractivity contribution in [1.82, 2.24) is 5.01 Å². The van der Waals surface area contributed by atoms with Crippen LogP contribution in [0.2, 0.25) is 5.02 Å². The highest BCUT2D eigenvalue weighted by Gasteiger charge is 2.42. The Morgan fingerprint density at radius 1 is 1.00 bits per heavy atom. The fourth-order valence-electron chi connectivity index (χ4n) is 4.12. The minimum Gasteiger partial charge on any atom is -0.497 e. The summed E-state index contributed by atoms with van der Waals surface area (Å²) in [5, 5.41) is 7.69. The average molecular weight is 500 g/mol. The summed E-state index contributed by atoms with van der Waals surface area (Å²) in [6.45, 7) is 0. The second-order valence-corrected chi connectivity index (χ2v) is 8.77. The molecule has 0 unspecified atom stereocenters.